The van der Waals surface area contributed by atoms with Gasteiger partial charge in [0.2, 0.25) is 0 Å². The fourth-order valence-electron chi connectivity index (χ4n) is 1.43. The van der Waals surface area contributed by atoms with Crippen LogP contribution in [0.3, 0.4) is 0 Å². The van der Waals surface area contributed by atoms with E-state index in [9.17, 15) is 22.4 Å². The molecule has 0 fully saturated rings. The lowest BCUT2D eigenvalue weighted by Crippen LogP contribution is -2.12. The first kappa shape index (κ1) is 15.8. The van der Waals surface area contributed by atoms with Crippen molar-refractivity contribution in [2.45, 2.75) is 20.0 Å². The minimum absolute atomic E-state index is 0.0502. The third kappa shape index (κ3) is 3.60. The van der Waals surface area contributed by atoms with Crippen LogP contribution < -0.4 is 4.74 Å². The number of benzene rings is 1. The lowest BCUT2D eigenvalue weighted by molar-refractivity contribution is -0.0506. The van der Waals surface area contributed by atoms with Crippen molar-refractivity contribution in [2.75, 3.05) is 6.61 Å². The van der Waals surface area contributed by atoms with Crippen LogP contribution in [0.2, 0.25) is 0 Å². The number of nitrogens with zero attached hydrogens (tertiary/aromatic N) is 1. The Morgan fingerprint density at radius 1 is 1.35 bits per heavy atom. The van der Waals surface area contributed by atoms with E-state index in [0.717, 1.165) is 6.07 Å². The molecule has 0 atom stereocenters. The van der Waals surface area contributed by atoms with Crippen LogP contribution in [0.15, 0.2) is 12.1 Å². The lowest BCUT2D eigenvalue weighted by atomic mass is 10.0. The average Bonchev–Trinajstić information content (AvgIpc) is 2.37. The normalized spacial score (nSPS) is 10.5. The van der Waals surface area contributed by atoms with Gasteiger partial charge in [-0.05, 0) is 19.1 Å². The van der Waals surface area contributed by atoms with Gasteiger partial charge >= 0.3 is 12.6 Å². The van der Waals surface area contributed by atoms with Crippen LogP contribution >= 0.6 is 0 Å². The van der Waals surface area contributed by atoms with E-state index in [1.807, 2.05) is 0 Å². The summed E-state index contributed by atoms with van der Waals surface area (Å²) in [5.74, 6) is -1.80. The highest BCUT2D eigenvalue weighted by molar-refractivity contribution is 5.93. The zero-order valence-electron chi connectivity index (χ0n) is 10.2. The maximum atomic E-state index is 12.7. The second kappa shape index (κ2) is 6.75. The predicted octanol–water partition coefficient (Wildman–Crippen LogP) is 3.27. The summed E-state index contributed by atoms with van der Waals surface area (Å²) in [7, 11) is 0. The fourth-order valence-corrected chi connectivity index (χ4v) is 1.43. The zero-order chi connectivity index (χ0) is 15.3. The molecule has 4 nitrogen and oxygen atoms in total. The first-order valence-corrected chi connectivity index (χ1v) is 5.38. The molecule has 0 aliphatic heterocycles. The van der Waals surface area contributed by atoms with Gasteiger partial charge in [-0.2, -0.15) is 14.0 Å². The van der Waals surface area contributed by atoms with Crippen LogP contribution in [0.1, 0.15) is 34.8 Å². The van der Waals surface area contributed by atoms with Gasteiger partial charge < -0.3 is 9.47 Å². The summed E-state index contributed by atoms with van der Waals surface area (Å²) in [6, 6.07) is 2.75. The second-order valence-corrected chi connectivity index (χ2v) is 3.45. The van der Waals surface area contributed by atoms with E-state index in [1.54, 1.807) is 0 Å². The molecule has 20 heavy (non-hydrogen) atoms. The topological polar surface area (TPSA) is 59.3 Å². The molecule has 108 valence electrons. The van der Waals surface area contributed by atoms with E-state index in [-0.39, 0.29) is 6.61 Å². The van der Waals surface area contributed by atoms with Gasteiger partial charge in [0.05, 0.1) is 18.2 Å². The summed E-state index contributed by atoms with van der Waals surface area (Å²) in [6.45, 7) is -1.88. The highest BCUT2D eigenvalue weighted by Gasteiger charge is 2.23. The number of nitriles is 1. The molecule has 0 saturated heterocycles. The summed E-state index contributed by atoms with van der Waals surface area (Å²) < 4.78 is 58.5. The lowest BCUT2D eigenvalue weighted by Gasteiger charge is -2.13. The number of ether oxygens (including phenoxy) is 2. The van der Waals surface area contributed by atoms with Crippen molar-refractivity contribution in [1.82, 2.24) is 0 Å². The summed E-state index contributed by atoms with van der Waals surface area (Å²) in [6.07, 6.45) is -3.07. The van der Waals surface area contributed by atoms with E-state index < -0.39 is 41.4 Å². The summed E-state index contributed by atoms with van der Waals surface area (Å²) in [5, 5.41) is 8.75. The molecule has 0 amide bonds. The number of alkyl halides is 4. The smallest absolute Gasteiger partial charge is 0.387 e. The quantitative estimate of drug-likeness (QED) is 0.617. The van der Waals surface area contributed by atoms with Gasteiger partial charge in [-0.25, -0.2) is 13.6 Å². The van der Waals surface area contributed by atoms with Gasteiger partial charge in [0.15, 0.2) is 0 Å². The molecular formula is C12H9F4NO3. The second-order valence-electron chi connectivity index (χ2n) is 3.45. The molecular weight excluding hydrogens is 282 g/mol. The van der Waals surface area contributed by atoms with Crippen molar-refractivity contribution in [2.24, 2.45) is 0 Å². The first-order valence-electron chi connectivity index (χ1n) is 5.38. The van der Waals surface area contributed by atoms with E-state index >= 15 is 0 Å². The van der Waals surface area contributed by atoms with E-state index in [0.29, 0.717) is 6.07 Å². The van der Waals surface area contributed by atoms with Crippen LogP contribution in [-0.4, -0.2) is 19.2 Å². The third-order valence-electron chi connectivity index (χ3n) is 2.22. The van der Waals surface area contributed by atoms with Crippen molar-refractivity contribution >= 4 is 5.97 Å². The highest BCUT2D eigenvalue weighted by Crippen LogP contribution is 2.31. The Bertz CT molecular complexity index is 540. The molecule has 0 spiro atoms. The van der Waals surface area contributed by atoms with Crippen LogP contribution in [0.25, 0.3) is 0 Å². The minimum Gasteiger partial charge on any atom is -0.462 e. The Morgan fingerprint density at radius 3 is 2.45 bits per heavy atom. The van der Waals surface area contributed by atoms with E-state index in [4.69, 9.17) is 5.26 Å². The molecule has 0 aliphatic rings. The number of carbonyl (C=O) groups excluding carboxylic acids is 1. The van der Waals surface area contributed by atoms with Gasteiger partial charge in [0.25, 0.3) is 6.43 Å². The number of hydrogen-bond donors (Lipinski definition) is 0. The third-order valence-corrected chi connectivity index (χ3v) is 2.22. The van der Waals surface area contributed by atoms with Crippen LogP contribution in [0.4, 0.5) is 17.6 Å². The first-order chi connectivity index (χ1) is 9.40. The van der Waals surface area contributed by atoms with Crippen molar-refractivity contribution in [3.8, 4) is 11.8 Å². The molecule has 0 aliphatic carbocycles. The Labute approximate surface area is 111 Å². The maximum absolute atomic E-state index is 12.7. The Balaban J connectivity index is 3.39. The number of esters is 1. The molecule has 8 heteroatoms. The molecule has 1 aromatic rings. The Morgan fingerprint density at radius 2 is 2.00 bits per heavy atom. The molecule has 0 radical (unpaired) electrons. The van der Waals surface area contributed by atoms with E-state index in [1.165, 1.54) is 13.0 Å². The zero-order valence-corrected chi connectivity index (χ0v) is 10.2. The Hall–Kier alpha value is -2.30. The SMILES string of the molecule is CCOC(=O)c1cc(C#N)c(C(F)F)cc1OC(F)F. The van der Waals surface area contributed by atoms with E-state index in [2.05, 4.69) is 9.47 Å². The van der Waals surface area contributed by atoms with Crippen LogP contribution in [-0.2, 0) is 4.74 Å². The van der Waals surface area contributed by atoms with Crippen molar-refractivity contribution in [3.05, 3.63) is 28.8 Å². The highest BCUT2D eigenvalue weighted by atomic mass is 19.3. The molecule has 0 heterocycles. The summed E-state index contributed by atoms with van der Waals surface area (Å²) >= 11 is 0. The number of halogens is 4. The molecule has 0 N–H and O–H groups in total. The average molecular weight is 291 g/mol. The molecule has 0 unspecified atom stereocenters. The molecule has 1 aromatic carbocycles. The predicted molar refractivity (Wildman–Crippen MR) is 58.7 cm³/mol. The number of rotatable bonds is 5. The molecule has 0 aromatic heterocycles. The fraction of sp³-hybridized carbons (Fsp3) is 0.333. The van der Waals surface area contributed by atoms with Gasteiger partial charge in [0.1, 0.15) is 11.3 Å². The van der Waals surface area contributed by atoms with Crippen molar-refractivity contribution in [3.63, 3.8) is 0 Å². The number of hydrogen-bond acceptors (Lipinski definition) is 4. The molecule has 0 saturated carbocycles. The van der Waals surface area contributed by atoms with Crippen LogP contribution in [0.5, 0.6) is 5.75 Å². The van der Waals surface area contributed by atoms with Gasteiger partial charge in [-0.15, -0.1) is 0 Å². The summed E-state index contributed by atoms with van der Waals surface area (Å²) in [5.41, 5.74) is -1.81. The number of carbonyl (C=O) groups is 1. The van der Waals surface area contributed by atoms with Gasteiger partial charge in [-0.1, -0.05) is 0 Å². The summed E-state index contributed by atoms with van der Waals surface area (Å²) in [4.78, 5) is 11.6. The van der Waals surface area contributed by atoms with Gasteiger partial charge in [-0.3, -0.25) is 0 Å². The molecule has 0 bridgehead atoms. The minimum atomic E-state index is -3.30. The van der Waals surface area contributed by atoms with Gasteiger partial charge in [0, 0.05) is 5.56 Å². The molecule has 1 rings (SSSR count). The maximum Gasteiger partial charge on any atom is 0.387 e. The standard InChI is InChI=1S/C12H9F4NO3/c1-2-19-11(18)8-3-6(5-17)7(10(13)14)4-9(8)20-12(15)16/h3-4,10,12H,2H2,1H3. The largest absolute Gasteiger partial charge is 0.462 e. The van der Waals surface area contributed by atoms with Crippen molar-refractivity contribution in [1.29, 1.82) is 5.26 Å². The monoisotopic (exact) mass is 291 g/mol. The van der Waals surface area contributed by atoms with Crippen LogP contribution in [0, 0.1) is 11.3 Å². The Kier molecular flexibility index (Phi) is 5.32. The van der Waals surface area contributed by atoms with Crippen molar-refractivity contribution < 1.29 is 31.8 Å².